The van der Waals surface area contributed by atoms with Gasteiger partial charge in [-0.25, -0.2) is 0 Å². The van der Waals surface area contributed by atoms with Crippen molar-refractivity contribution >= 4 is 0 Å². The van der Waals surface area contributed by atoms with E-state index in [-0.39, 0.29) is 0 Å². The number of hydrogen-bond donors (Lipinski definition) is 0. The van der Waals surface area contributed by atoms with E-state index >= 15 is 0 Å². The SMILES string of the molecule is Cc1ccc(C(C)N2CC2)cc1. The second kappa shape index (κ2) is 2.91. The Morgan fingerprint density at radius 1 is 1.17 bits per heavy atom. The predicted molar refractivity (Wildman–Crippen MR) is 51.2 cm³/mol. The molecule has 1 heterocycles. The zero-order valence-corrected chi connectivity index (χ0v) is 7.75. The van der Waals surface area contributed by atoms with Crippen molar-refractivity contribution in [3.63, 3.8) is 0 Å². The van der Waals surface area contributed by atoms with E-state index in [1.54, 1.807) is 0 Å². The van der Waals surface area contributed by atoms with Gasteiger partial charge in [-0.15, -0.1) is 0 Å². The molecule has 1 atom stereocenters. The molecular formula is C11H15N. The molecule has 2 rings (SSSR count). The molecule has 1 aromatic carbocycles. The van der Waals surface area contributed by atoms with Crippen LogP contribution < -0.4 is 0 Å². The molecule has 1 nitrogen and oxygen atoms in total. The largest absolute Gasteiger partial charge is 0.294 e. The van der Waals surface area contributed by atoms with Gasteiger partial charge in [-0.3, -0.25) is 4.90 Å². The minimum Gasteiger partial charge on any atom is -0.294 e. The normalized spacial score (nSPS) is 19.2. The van der Waals surface area contributed by atoms with E-state index in [0.717, 1.165) is 0 Å². The van der Waals surface area contributed by atoms with Gasteiger partial charge in [0.15, 0.2) is 0 Å². The molecule has 0 radical (unpaired) electrons. The average Bonchev–Trinajstić information content (AvgIpc) is 2.87. The van der Waals surface area contributed by atoms with Crippen molar-refractivity contribution < 1.29 is 0 Å². The number of benzene rings is 1. The van der Waals surface area contributed by atoms with Crippen molar-refractivity contribution in [2.75, 3.05) is 13.1 Å². The van der Waals surface area contributed by atoms with Crippen LogP contribution in [0.2, 0.25) is 0 Å². The minimum absolute atomic E-state index is 0.616. The summed E-state index contributed by atoms with van der Waals surface area (Å²) >= 11 is 0. The fourth-order valence-electron chi connectivity index (χ4n) is 1.50. The maximum atomic E-state index is 2.46. The van der Waals surface area contributed by atoms with E-state index in [0.29, 0.717) is 6.04 Å². The topological polar surface area (TPSA) is 3.01 Å². The first-order chi connectivity index (χ1) is 5.77. The highest BCUT2D eigenvalue weighted by Gasteiger charge is 2.24. The van der Waals surface area contributed by atoms with E-state index in [9.17, 15) is 0 Å². The van der Waals surface area contributed by atoms with Gasteiger partial charge in [-0.1, -0.05) is 29.8 Å². The van der Waals surface area contributed by atoms with E-state index in [1.807, 2.05) is 0 Å². The molecule has 0 amide bonds. The van der Waals surface area contributed by atoms with Crippen molar-refractivity contribution in [3.8, 4) is 0 Å². The number of hydrogen-bond acceptors (Lipinski definition) is 1. The minimum atomic E-state index is 0.616. The summed E-state index contributed by atoms with van der Waals surface area (Å²) in [4.78, 5) is 2.46. The Balaban J connectivity index is 2.16. The van der Waals surface area contributed by atoms with E-state index in [2.05, 4.69) is 43.0 Å². The molecule has 0 aliphatic carbocycles. The summed E-state index contributed by atoms with van der Waals surface area (Å²) in [5.74, 6) is 0. The smallest absolute Gasteiger partial charge is 0.0320 e. The van der Waals surface area contributed by atoms with Gasteiger partial charge in [-0.2, -0.15) is 0 Å². The van der Waals surface area contributed by atoms with Crippen molar-refractivity contribution in [2.45, 2.75) is 19.9 Å². The molecule has 0 spiro atoms. The first-order valence-corrected chi connectivity index (χ1v) is 4.58. The van der Waals surface area contributed by atoms with Gasteiger partial charge in [0.1, 0.15) is 0 Å². The fraction of sp³-hybridized carbons (Fsp3) is 0.455. The van der Waals surface area contributed by atoms with Crippen molar-refractivity contribution in [2.24, 2.45) is 0 Å². The van der Waals surface area contributed by atoms with Crippen LogP contribution >= 0.6 is 0 Å². The quantitative estimate of drug-likeness (QED) is 0.602. The molecule has 1 aromatic rings. The second-order valence-electron chi connectivity index (χ2n) is 3.62. The molecule has 1 heteroatoms. The first kappa shape index (κ1) is 7.81. The van der Waals surface area contributed by atoms with Crippen LogP contribution in [0.1, 0.15) is 24.1 Å². The molecule has 12 heavy (non-hydrogen) atoms. The van der Waals surface area contributed by atoms with Crippen LogP contribution in [0.5, 0.6) is 0 Å². The van der Waals surface area contributed by atoms with E-state index in [1.165, 1.54) is 24.2 Å². The summed E-state index contributed by atoms with van der Waals surface area (Å²) in [6.07, 6.45) is 0. The molecule has 1 aliphatic heterocycles. The van der Waals surface area contributed by atoms with Gasteiger partial charge in [0.05, 0.1) is 0 Å². The Morgan fingerprint density at radius 3 is 2.25 bits per heavy atom. The van der Waals surface area contributed by atoms with Crippen LogP contribution in [0.15, 0.2) is 24.3 Å². The third-order valence-electron chi connectivity index (χ3n) is 2.59. The number of rotatable bonds is 2. The Hall–Kier alpha value is -0.820. The Morgan fingerprint density at radius 2 is 1.75 bits per heavy atom. The van der Waals surface area contributed by atoms with E-state index < -0.39 is 0 Å². The van der Waals surface area contributed by atoms with Crippen LogP contribution in [-0.4, -0.2) is 18.0 Å². The summed E-state index contributed by atoms with van der Waals surface area (Å²) in [7, 11) is 0. The summed E-state index contributed by atoms with van der Waals surface area (Å²) < 4.78 is 0. The van der Waals surface area contributed by atoms with Crippen LogP contribution in [0.3, 0.4) is 0 Å². The maximum Gasteiger partial charge on any atom is 0.0320 e. The molecule has 1 aliphatic rings. The molecular weight excluding hydrogens is 146 g/mol. The third kappa shape index (κ3) is 1.51. The lowest BCUT2D eigenvalue weighted by molar-refractivity contribution is 0.444. The summed E-state index contributed by atoms with van der Waals surface area (Å²) in [6.45, 7) is 6.95. The Labute approximate surface area is 74.0 Å². The lowest BCUT2D eigenvalue weighted by atomic mass is 10.1. The molecule has 1 saturated heterocycles. The summed E-state index contributed by atoms with van der Waals surface area (Å²) in [5.41, 5.74) is 2.79. The molecule has 64 valence electrons. The highest BCUT2D eigenvalue weighted by atomic mass is 15.3. The predicted octanol–water partition coefficient (Wildman–Crippen LogP) is 2.37. The monoisotopic (exact) mass is 161 g/mol. The second-order valence-corrected chi connectivity index (χ2v) is 3.62. The summed E-state index contributed by atoms with van der Waals surface area (Å²) in [5, 5.41) is 0. The standard InChI is InChI=1S/C11H15N/c1-9-3-5-11(6-4-9)10(2)12-7-8-12/h3-6,10H,7-8H2,1-2H3. The molecule has 0 N–H and O–H groups in total. The highest BCUT2D eigenvalue weighted by Crippen LogP contribution is 2.25. The van der Waals surface area contributed by atoms with Crippen LogP contribution in [0.4, 0.5) is 0 Å². The van der Waals surface area contributed by atoms with Gasteiger partial charge < -0.3 is 0 Å². The average molecular weight is 161 g/mol. The number of aryl methyl sites for hydroxylation is 1. The zero-order valence-electron chi connectivity index (χ0n) is 7.75. The lowest BCUT2D eigenvalue weighted by Crippen LogP contribution is -2.04. The molecule has 1 unspecified atom stereocenters. The lowest BCUT2D eigenvalue weighted by Gasteiger charge is -2.12. The van der Waals surface area contributed by atoms with E-state index in [4.69, 9.17) is 0 Å². The van der Waals surface area contributed by atoms with Crippen LogP contribution in [0, 0.1) is 6.92 Å². The van der Waals surface area contributed by atoms with Crippen molar-refractivity contribution in [1.29, 1.82) is 0 Å². The van der Waals surface area contributed by atoms with Gasteiger partial charge in [-0.05, 0) is 19.4 Å². The maximum absolute atomic E-state index is 2.46. The third-order valence-corrected chi connectivity index (χ3v) is 2.59. The van der Waals surface area contributed by atoms with Gasteiger partial charge in [0, 0.05) is 19.1 Å². The number of nitrogens with zero attached hydrogens (tertiary/aromatic N) is 1. The highest BCUT2D eigenvalue weighted by molar-refractivity contribution is 5.24. The molecule has 1 fully saturated rings. The Bertz CT molecular complexity index is 259. The van der Waals surface area contributed by atoms with Gasteiger partial charge in [0.25, 0.3) is 0 Å². The molecule has 0 aromatic heterocycles. The van der Waals surface area contributed by atoms with Crippen LogP contribution in [-0.2, 0) is 0 Å². The molecule has 0 saturated carbocycles. The first-order valence-electron chi connectivity index (χ1n) is 4.58. The molecule has 0 bridgehead atoms. The van der Waals surface area contributed by atoms with Gasteiger partial charge >= 0.3 is 0 Å². The Kier molecular flexibility index (Phi) is 1.89. The van der Waals surface area contributed by atoms with Crippen LogP contribution in [0.25, 0.3) is 0 Å². The zero-order chi connectivity index (χ0) is 8.55. The van der Waals surface area contributed by atoms with Crippen molar-refractivity contribution in [3.05, 3.63) is 35.4 Å². The van der Waals surface area contributed by atoms with Crippen molar-refractivity contribution in [1.82, 2.24) is 4.90 Å². The van der Waals surface area contributed by atoms with Gasteiger partial charge in [0.2, 0.25) is 0 Å². The summed E-state index contributed by atoms with van der Waals surface area (Å²) in [6, 6.07) is 9.46. The fourth-order valence-corrected chi connectivity index (χ4v) is 1.50.